The lowest BCUT2D eigenvalue weighted by Gasteiger charge is -2.13. The molecule has 0 amide bonds. The summed E-state index contributed by atoms with van der Waals surface area (Å²) >= 11 is 0. The molecule has 0 radical (unpaired) electrons. The summed E-state index contributed by atoms with van der Waals surface area (Å²) in [7, 11) is 0. The number of benzene rings is 2. The molecule has 2 aromatic heterocycles. The molecule has 1 atom stereocenters. The number of fused-ring (bicyclic) bond motifs is 2. The Kier molecular flexibility index (Phi) is 3.54. The predicted molar refractivity (Wildman–Crippen MR) is 95.8 cm³/mol. The molecule has 6 nitrogen and oxygen atoms in total. The van der Waals surface area contributed by atoms with Gasteiger partial charge in [0.1, 0.15) is 22.7 Å². The van der Waals surface area contributed by atoms with Crippen molar-refractivity contribution in [1.29, 1.82) is 0 Å². The van der Waals surface area contributed by atoms with Gasteiger partial charge in [-0.2, -0.15) is 0 Å². The minimum atomic E-state index is -0.795. The summed E-state index contributed by atoms with van der Waals surface area (Å²) in [6.45, 7) is 1.60. The van der Waals surface area contributed by atoms with E-state index in [1.807, 2.05) is 0 Å². The molecule has 6 heteroatoms. The van der Waals surface area contributed by atoms with E-state index in [0.717, 1.165) is 0 Å². The Morgan fingerprint density at radius 3 is 2.31 bits per heavy atom. The third kappa shape index (κ3) is 2.35. The first kappa shape index (κ1) is 16.0. The second kappa shape index (κ2) is 5.77. The standard InChI is InChI=1S/C20H14O6/c1-10(12-9-13-14(21)6-4-8-16(13)25-19(12)23)17-18(22)11-5-2-3-7-15(11)26-20(17)24/h2-10,21-22H,1H3. The molecule has 2 heterocycles. The molecular formula is C20H14O6. The summed E-state index contributed by atoms with van der Waals surface area (Å²) < 4.78 is 10.5. The Morgan fingerprint density at radius 2 is 1.50 bits per heavy atom. The molecule has 0 aliphatic heterocycles. The zero-order valence-corrected chi connectivity index (χ0v) is 13.7. The van der Waals surface area contributed by atoms with Gasteiger partial charge in [-0.05, 0) is 30.3 Å². The van der Waals surface area contributed by atoms with Crippen LogP contribution in [0, 0.1) is 0 Å². The van der Waals surface area contributed by atoms with Crippen LogP contribution in [0.25, 0.3) is 21.9 Å². The van der Waals surface area contributed by atoms with Crippen LogP contribution in [0.1, 0.15) is 24.0 Å². The molecule has 130 valence electrons. The number of para-hydroxylation sites is 1. The van der Waals surface area contributed by atoms with Crippen LogP contribution in [0.2, 0.25) is 0 Å². The minimum Gasteiger partial charge on any atom is -0.507 e. The van der Waals surface area contributed by atoms with Crippen molar-refractivity contribution in [2.45, 2.75) is 12.8 Å². The molecule has 0 aliphatic rings. The Labute approximate surface area is 146 Å². The number of phenolic OH excluding ortho intramolecular Hbond substituents is 1. The molecule has 0 spiro atoms. The quantitative estimate of drug-likeness (QED) is 0.537. The van der Waals surface area contributed by atoms with E-state index in [1.54, 1.807) is 43.3 Å². The van der Waals surface area contributed by atoms with Gasteiger partial charge in [-0.25, -0.2) is 9.59 Å². The summed E-state index contributed by atoms with van der Waals surface area (Å²) in [4.78, 5) is 24.8. The third-order valence-corrected chi connectivity index (χ3v) is 4.50. The highest BCUT2D eigenvalue weighted by atomic mass is 16.4. The molecule has 2 N–H and O–H groups in total. The Balaban J connectivity index is 1.98. The van der Waals surface area contributed by atoms with E-state index in [1.165, 1.54) is 12.1 Å². The molecule has 0 fully saturated rings. The summed E-state index contributed by atoms with van der Waals surface area (Å²) in [5.41, 5.74) is -0.787. The molecule has 0 aliphatic carbocycles. The molecule has 4 aromatic rings. The number of hydrogen-bond acceptors (Lipinski definition) is 6. The monoisotopic (exact) mass is 350 g/mol. The molecule has 4 rings (SSSR count). The van der Waals surface area contributed by atoms with Crippen molar-refractivity contribution in [2.24, 2.45) is 0 Å². The summed E-state index contributed by atoms with van der Waals surface area (Å²) in [5.74, 6) is -1.08. The fourth-order valence-corrected chi connectivity index (χ4v) is 3.13. The lowest BCUT2D eigenvalue weighted by atomic mass is 9.93. The van der Waals surface area contributed by atoms with E-state index >= 15 is 0 Å². The SMILES string of the molecule is CC(c1cc2c(O)cccc2oc1=O)c1c(O)c2ccccc2oc1=O. The van der Waals surface area contributed by atoms with Gasteiger partial charge in [-0.3, -0.25) is 0 Å². The fourth-order valence-electron chi connectivity index (χ4n) is 3.13. The smallest absolute Gasteiger partial charge is 0.343 e. The summed E-state index contributed by atoms with van der Waals surface area (Å²) in [6.07, 6.45) is 0. The average Bonchev–Trinajstić information content (AvgIpc) is 2.61. The molecule has 2 aromatic carbocycles. The molecule has 0 saturated heterocycles. The Morgan fingerprint density at radius 1 is 0.846 bits per heavy atom. The van der Waals surface area contributed by atoms with Gasteiger partial charge in [0.2, 0.25) is 0 Å². The number of aromatic hydroxyl groups is 2. The van der Waals surface area contributed by atoms with Crippen LogP contribution in [-0.2, 0) is 0 Å². The molecule has 0 bridgehead atoms. The number of rotatable bonds is 2. The maximum atomic E-state index is 12.4. The van der Waals surface area contributed by atoms with E-state index in [0.29, 0.717) is 10.8 Å². The minimum absolute atomic E-state index is 0.0363. The van der Waals surface area contributed by atoms with E-state index in [-0.39, 0.29) is 33.8 Å². The predicted octanol–water partition coefficient (Wildman–Crippen LogP) is 3.46. The summed E-state index contributed by atoms with van der Waals surface area (Å²) in [5, 5.41) is 21.3. The lowest BCUT2D eigenvalue weighted by molar-refractivity contribution is 0.451. The summed E-state index contributed by atoms with van der Waals surface area (Å²) in [6, 6.07) is 12.7. The average molecular weight is 350 g/mol. The van der Waals surface area contributed by atoms with Crippen molar-refractivity contribution < 1.29 is 19.0 Å². The van der Waals surface area contributed by atoms with Gasteiger partial charge >= 0.3 is 11.3 Å². The van der Waals surface area contributed by atoms with Gasteiger partial charge in [0, 0.05) is 11.5 Å². The Bertz CT molecular complexity index is 1270. The molecule has 0 saturated carbocycles. The van der Waals surface area contributed by atoms with Crippen LogP contribution < -0.4 is 11.3 Å². The topological polar surface area (TPSA) is 101 Å². The molecule has 1 unspecified atom stereocenters. The van der Waals surface area contributed by atoms with Gasteiger partial charge in [0.15, 0.2) is 0 Å². The molecular weight excluding hydrogens is 336 g/mol. The van der Waals surface area contributed by atoms with E-state index in [4.69, 9.17) is 8.83 Å². The second-order valence-electron chi connectivity index (χ2n) is 6.05. The maximum absolute atomic E-state index is 12.4. The zero-order chi connectivity index (χ0) is 18.4. The van der Waals surface area contributed by atoms with Crippen molar-refractivity contribution in [3.8, 4) is 11.5 Å². The van der Waals surface area contributed by atoms with Crippen molar-refractivity contribution in [1.82, 2.24) is 0 Å². The second-order valence-corrected chi connectivity index (χ2v) is 6.05. The van der Waals surface area contributed by atoms with Crippen LogP contribution in [0.5, 0.6) is 11.5 Å². The van der Waals surface area contributed by atoms with Crippen LogP contribution >= 0.6 is 0 Å². The van der Waals surface area contributed by atoms with Crippen molar-refractivity contribution in [3.05, 3.63) is 80.5 Å². The fraction of sp³-hybridized carbons (Fsp3) is 0.100. The highest BCUT2D eigenvalue weighted by Crippen LogP contribution is 2.34. The van der Waals surface area contributed by atoms with Crippen LogP contribution in [0.4, 0.5) is 0 Å². The largest absolute Gasteiger partial charge is 0.507 e. The lowest BCUT2D eigenvalue weighted by Crippen LogP contribution is -2.17. The number of phenols is 1. The van der Waals surface area contributed by atoms with E-state index < -0.39 is 17.2 Å². The van der Waals surface area contributed by atoms with Crippen LogP contribution in [0.15, 0.2) is 67.0 Å². The first-order valence-electron chi connectivity index (χ1n) is 7.98. The maximum Gasteiger partial charge on any atom is 0.343 e. The zero-order valence-electron chi connectivity index (χ0n) is 13.7. The van der Waals surface area contributed by atoms with Crippen molar-refractivity contribution in [2.75, 3.05) is 0 Å². The first-order chi connectivity index (χ1) is 12.5. The van der Waals surface area contributed by atoms with Crippen LogP contribution in [-0.4, -0.2) is 10.2 Å². The van der Waals surface area contributed by atoms with Crippen molar-refractivity contribution >= 4 is 21.9 Å². The Hall–Kier alpha value is -3.54. The van der Waals surface area contributed by atoms with Gasteiger partial charge in [0.05, 0.1) is 16.3 Å². The number of hydrogen-bond donors (Lipinski definition) is 2. The highest BCUT2D eigenvalue weighted by molar-refractivity contribution is 5.85. The molecule has 26 heavy (non-hydrogen) atoms. The van der Waals surface area contributed by atoms with E-state index in [9.17, 15) is 19.8 Å². The van der Waals surface area contributed by atoms with Gasteiger partial charge in [0.25, 0.3) is 0 Å². The first-order valence-corrected chi connectivity index (χ1v) is 7.98. The third-order valence-electron chi connectivity index (χ3n) is 4.50. The van der Waals surface area contributed by atoms with Gasteiger partial charge < -0.3 is 19.0 Å². The van der Waals surface area contributed by atoms with E-state index in [2.05, 4.69) is 0 Å². The highest BCUT2D eigenvalue weighted by Gasteiger charge is 2.24. The van der Waals surface area contributed by atoms with Crippen molar-refractivity contribution in [3.63, 3.8) is 0 Å². The van der Waals surface area contributed by atoms with Gasteiger partial charge in [-0.1, -0.05) is 25.1 Å². The van der Waals surface area contributed by atoms with Gasteiger partial charge in [-0.15, -0.1) is 0 Å². The normalized spacial score (nSPS) is 12.5. The van der Waals surface area contributed by atoms with Crippen LogP contribution in [0.3, 0.4) is 0 Å².